The Morgan fingerprint density at radius 2 is 1.83 bits per heavy atom. The largest absolute Gasteiger partial charge is 0.465 e. The topological polar surface area (TPSA) is 52.6 Å². The molecule has 0 saturated carbocycles. The van der Waals surface area contributed by atoms with Crippen LogP contribution < -0.4 is 0 Å². The van der Waals surface area contributed by atoms with E-state index in [0.29, 0.717) is 12.2 Å². The molecule has 0 radical (unpaired) electrons. The highest BCUT2D eigenvalue weighted by Gasteiger charge is 2.33. The molecule has 0 aliphatic rings. The molecular formula is C14H20O4. The zero-order valence-corrected chi connectivity index (χ0v) is 11.4. The Morgan fingerprint density at radius 1 is 1.22 bits per heavy atom. The molecule has 2 atom stereocenters. The van der Waals surface area contributed by atoms with Crippen molar-refractivity contribution in [3.8, 4) is 11.8 Å². The summed E-state index contributed by atoms with van der Waals surface area (Å²) in [5, 5.41) is 0. The van der Waals surface area contributed by atoms with Gasteiger partial charge in [-0.1, -0.05) is 18.4 Å². The molecule has 0 aromatic rings. The molecule has 0 saturated heterocycles. The Hall–Kier alpha value is -1.60. The van der Waals surface area contributed by atoms with E-state index in [-0.39, 0.29) is 12.4 Å². The third-order valence-corrected chi connectivity index (χ3v) is 2.06. The van der Waals surface area contributed by atoms with Gasteiger partial charge in [0.05, 0.1) is 6.61 Å². The maximum absolute atomic E-state index is 11.7. The Labute approximate surface area is 108 Å². The lowest BCUT2D eigenvalue weighted by molar-refractivity contribution is -0.155. The Balaban J connectivity index is 5.12. The number of allylic oxidation sites excluding steroid dienone is 1. The molecule has 0 heterocycles. The van der Waals surface area contributed by atoms with Crippen molar-refractivity contribution >= 4 is 11.8 Å². The number of hydrogen-bond acceptors (Lipinski definition) is 4. The van der Waals surface area contributed by atoms with Gasteiger partial charge in [0, 0.05) is 6.61 Å². The number of carbonyl (C=O) groups excluding carboxylic acids is 2. The first-order chi connectivity index (χ1) is 8.43. The van der Waals surface area contributed by atoms with Gasteiger partial charge in [-0.05, 0) is 33.3 Å². The van der Waals surface area contributed by atoms with Gasteiger partial charge in [0.15, 0.2) is 5.92 Å². The van der Waals surface area contributed by atoms with Crippen molar-refractivity contribution in [2.45, 2.75) is 33.8 Å². The molecule has 0 rings (SSSR count). The van der Waals surface area contributed by atoms with Gasteiger partial charge in [-0.2, -0.15) is 0 Å². The normalized spacial score (nSPS) is 12.9. The minimum Gasteiger partial charge on any atom is -0.465 e. The number of carbonyl (C=O) groups is 2. The lowest BCUT2D eigenvalue weighted by Gasteiger charge is -2.19. The SMILES string of the molecule is C=C(C)C#C[C@@H](OCC)[C@@H](C(C)=O)C(=O)OCC. The van der Waals surface area contributed by atoms with Gasteiger partial charge in [-0.3, -0.25) is 9.59 Å². The molecule has 0 fully saturated rings. The first-order valence-electron chi connectivity index (χ1n) is 5.89. The molecule has 4 nitrogen and oxygen atoms in total. The maximum atomic E-state index is 11.7. The molecule has 0 aromatic heterocycles. The molecule has 18 heavy (non-hydrogen) atoms. The summed E-state index contributed by atoms with van der Waals surface area (Å²) in [5.74, 6) is 3.56. The van der Waals surface area contributed by atoms with Crippen LogP contribution in [0.3, 0.4) is 0 Å². The van der Waals surface area contributed by atoms with E-state index in [0.717, 1.165) is 0 Å². The fourth-order valence-corrected chi connectivity index (χ4v) is 1.33. The van der Waals surface area contributed by atoms with Gasteiger partial charge in [0.2, 0.25) is 0 Å². The fraction of sp³-hybridized carbons (Fsp3) is 0.571. The van der Waals surface area contributed by atoms with Crippen LogP contribution in [-0.2, 0) is 19.1 Å². The highest BCUT2D eigenvalue weighted by molar-refractivity contribution is 5.98. The van der Waals surface area contributed by atoms with Crippen LogP contribution in [0, 0.1) is 17.8 Å². The number of ether oxygens (including phenoxy) is 2. The molecule has 100 valence electrons. The van der Waals surface area contributed by atoms with E-state index in [1.54, 1.807) is 20.8 Å². The summed E-state index contributed by atoms with van der Waals surface area (Å²) in [6, 6.07) is 0. The molecule has 0 spiro atoms. The first kappa shape index (κ1) is 16.4. The average molecular weight is 252 g/mol. The zero-order valence-electron chi connectivity index (χ0n) is 11.4. The van der Waals surface area contributed by atoms with E-state index in [1.165, 1.54) is 6.92 Å². The van der Waals surface area contributed by atoms with Crippen LogP contribution in [0.4, 0.5) is 0 Å². The van der Waals surface area contributed by atoms with Crippen molar-refractivity contribution < 1.29 is 19.1 Å². The van der Waals surface area contributed by atoms with Gasteiger partial charge in [-0.25, -0.2) is 0 Å². The molecule has 0 unspecified atom stereocenters. The van der Waals surface area contributed by atoms with Crippen LogP contribution in [0.2, 0.25) is 0 Å². The summed E-state index contributed by atoms with van der Waals surface area (Å²) in [5.41, 5.74) is 0.644. The lowest BCUT2D eigenvalue weighted by Crippen LogP contribution is -2.36. The Kier molecular flexibility index (Phi) is 7.73. The molecule has 0 aliphatic carbocycles. The van der Waals surface area contributed by atoms with E-state index in [2.05, 4.69) is 18.4 Å². The average Bonchev–Trinajstić information content (AvgIpc) is 2.26. The summed E-state index contributed by atoms with van der Waals surface area (Å²) in [6.07, 6.45) is -0.789. The van der Waals surface area contributed by atoms with Gasteiger partial charge in [0.25, 0.3) is 0 Å². The Morgan fingerprint density at radius 3 is 2.22 bits per heavy atom. The quantitative estimate of drug-likeness (QED) is 0.410. The minimum absolute atomic E-state index is 0.218. The van der Waals surface area contributed by atoms with Crippen LogP contribution >= 0.6 is 0 Å². The number of rotatable bonds is 6. The van der Waals surface area contributed by atoms with E-state index in [4.69, 9.17) is 9.47 Å². The standard InChI is InChI=1S/C14H20O4/c1-6-17-12(9-8-10(3)4)13(11(5)15)14(16)18-7-2/h12-13H,3,6-7H2,1-2,4-5H3/t12-,13-/m1/s1. The molecule has 4 heteroatoms. The smallest absolute Gasteiger partial charge is 0.320 e. The molecule has 0 N–H and O–H groups in total. The van der Waals surface area contributed by atoms with E-state index in [1.807, 2.05) is 0 Å². The van der Waals surface area contributed by atoms with Gasteiger partial charge < -0.3 is 9.47 Å². The minimum atomic E-state index is -1.00. The second-order valence-electron chi connectivity index (χ2n) is 3.77. The Bertz CT molecular complexity index is 373. The first-order valence-corrected chi connectivity index (χ1v) is 5.89. The highest BCUT2D eigenvalue weighted by Crippen LogP contribution is 2.12. The number of Topliss-reactive ketones (excluding diaryl/α,β-unsaturated/α-hetero) is 1. The van der Waals surface area contributed by atoms with Crippen LogP contribution in [0.15, 0.2) is 12.2 Å². The number of esters is 1. The predicted octanol–water partition coefficient (Wildman–Crippen LogP) is 1.74. The fourth-order valence-electron chi connectivity index (χ4n) is 1.33. The van der Waals surface area contributed by atoms with Gasteiger partial charge in [-0.15, -0.1) is 0 Å². The van der Waals surface area contributed by atoms with Crippen molar-refractivity contribution in [1.29, 1.82) is 0 Å². The van der Waals surface area contributed by atoms with Crippen molar-refractivity contribution in [2.75, 3.05) is 13.2 Å². The summed E-state index contributed by atoms with van der Waals surface area (Å²) < 4.78 is 10.2. The second-order valence-corrected chi connectivity index (χ2v) is 3.77. The van der Waals surface area contributed by atoms with Crippen LogP contribution in [-0.4, -0.2) is 31.1 Å². The van der Waals surface area contributed by atoms with Crippen molar-refractivity contribution in [1.82, 2.24) is 0 Å². The van der Waals surface area contributed by atoms with Gasteiger partial charge >= 0.3 is 5.97 Å². The van der Waals surface area contributed by atoms with E-state index >= 15 is 0 Å². The van der Waals surface area contributed by atoms with Crippen LogP contribution in [0.25, 0.3) is 0 Å². The monoisotopic (exact) mass is 252 g/mol. The van der Waals surface area contributed by atoms with Crippen LogP contribution in [0.5, 0.6) is 0 Å². The number of ketones is 1. The van der Waals surface area contributed by atoms with E-state index < -0.39 is 18.0 Å². The van der Waals surface area contributed by atoms with Crippen molar-refractivity contribution in [3.63, 3.8) is 0 Å². The third-order valence-electron chi connectivity index (χ3n) is 2.06. The summed E-state index contributed by atoms with van der Waals surface area (Å²) in [6.45, 7) is 10.7. The predicted molar refractivity (Wildman–Crippen MR) is 68.8 cm³/mol. The maximum Gasteiger partial charge on any atom is 0.320 e. The third kappa shape index (κ3) is 5.65. The summed E-state index contributed by atoms with van der Waals surface area (Å²) >= 11 is 0. The molecule has 0 amide bonds. The van der Waals surface area contributed by atoms with Crippen LogP contribution in [0.1, 0.15) is 27.7 Å². The van der Waals surface area contributed by atoms with Gasteiger partial charge in [0.1, 0.15) is 11.9 Å². The molecule has 0 aliphatic heterocycles. The second kappa shape index (κ2) is 8.48. The molecule has 0 aromatic carbocycles. The lowest BCUT2D eigenvalue weighted by atomic mass is 9.98. The summed E-state index contributed by atoms with van der Waals surface area (Å²) in [7, 11) is 0. The van der Waals surface area contributed by atoms with Crippen molar-refractivity contribution in [2.24, 2.45) is 5.92 Å². The zero-order chi connectivity index (χ0) is 14.1. The molecule has 0 bridgehead atoms. The van der Waals surface area contributed by atoms with E-state index in [9.17, 15) is 9.59 Å². The summed E-state index contributed by atoms with van der Waals surface area (Å²) in [4.78, 5) is 23.3. The highest BCUT2D eigenvalue weighted by atomic mass is 16.5. The van der Waals surface area contributed by atoms with Crippen molar-refractivity contribution in [3.05, 3.63) is 12.2 Å². The number of hydrogen-bond donors (Lipinski definition) is 0. The molecular weight excluding hydrogens is 232 g/mol.